The maximum atomic E-state index is 12.9. The van der Waals surface area contributed by atoms with Crippen molar-refractivity contribution in [1.29, 1.82) is 0 Å². The van der Waals surface area contributed by atoms with Crippen LogP contribution in [0.25, 0.3) is 0 Å². The molecule has 5 amide bonds. The molecule has 132 heavy (non-hydrogen) atoms. The molecule has 10 atom stereocenters. The summed E-state index contributed by atoms with van der Waals surface area (Å²) < 4.78 is 0. The summed E-state index contributed by atoms with van der Waals surface area (Å²) in [7, 11) is 0. The topological polar surface area (TPSA) is 421 Å². The van der Waals surface area contributed by atoms with Crippen LogP contribution in [-0.4, -0.2) is 138 Å². The van der Waals surface area contributed by atoms with Gasteiger partial charge in [-0.1, -0.05) is 308 Å². The molecule has 0 saturated carbocycles. The number of Topliss-reactive ketones (excluding diaryl/α,β-unsaturated/α-hetero) is 8. The van der Waals surface area contributed by atoms with Crippen LogP contribution < -0.4 is 61.0 Å². The number of rotatable bonds is 48. The number of nitrogens with one attached hydrogen (secondary N) is 5. The zero-order valence-electron chi connectivity index (χ0n) is 91.0. The number of hydrogen-bond acceptors (Lipinski definition) is 18. The van der Waals surface area contributed by atoms with Crippen LogP contribution >= 0.6 is 0 Å². The van der Waals surface area contributed by atoms with Gasteiger partial charge < -0.3 is 61.0 Å². The average molecular weight is 1860 g/mol. The fraction of sp³-hybridized carbons (Fsp3) is 0.780. The van der Waals surface area contributed by atoms with Gasteiger partial charge >= 0.3 is 6.03 Å². The molecule has 0 aliphatic rings. The Hall–Kier alpha value is -6.76. The normalized spacial score (nSPS) is 14.3. The first-order chi connectivity index (χ1) is 60.1. The number of urea groups is 1. The minimum atomic E-state index is -0.585. The first-order valence-corrected chi connectivity index (χ1v) is 49.7. The van der Waals surface area contributed by atoms with Gasteiger partial charge in [-0.25, -0.2) is 4.79 Å². The first-order valence-electron chi connectivity index (χ1n) is 49.7. The Labute approximate surface area is 806 Å². The second kappa shape index (κ2) is 66.7. The number of primary amides is 1. The Morgan fingerprint density at radius 1 is 0.341 bits per heavy atom. The van der Waals surface area contributed by atoms with Crippen LogP contribution in [0.4, 0.5) is 4.79 Å². The smallest absolute Gasteiger partial charge is 0.312 e. The molecule has 0 saturated heterocycles. The zero-order chi connectivity index (χ0) is 104. The lowest BCUT2D eigenvalue weighted by Gasteiger charge is -2.32. The molecule has 0 spiro atoms. The predicted molar refractivity (Wildman–Crippen MR) is 553 cm³/mol. The van der Waals surface area contributed by atoms with Crippen molar-refractivity contribution in [2.45, 2.75) is 420 Å². The number of nitrogens with two attached hydrogens (primary N) is 6. The third kappa shape index (κ3) is 69.1. The van der Waals surface area contributed by atoms with Gasteiger partial charge in [0.2, 0.25) is 17.7 Å². The lowest BCUT2D eigenvalue weighted by molar-refractivity contribution is -0.135. The van der Waals surface area contributed by atoms with Crippen molar-refractivity contribution in [2.75, 3.05) is 32.7 Å². The van der Waals surface area contributed by atoms with E-state index in [-0.39, 0.29) is 147 Å². The molecule has 2 aromatic carbocycles. The van der Waals surface area contributed by atoms with Gasteiger partial charge in [0.15, 0.2) is 28.9 Å². The van der Waals surface area contributed by atoms with Crippen molar-refractivity contribution in [3.05, 3.63) is 71.8 Å². The van der Waals surface area contributed by atoms with E-state index in [2.05, 4.69) is 144 Å². The van der Waals surface area contributed by atoms with Gasteiger partial charge in [-0.15, -0.1) is 0 Å². The summed E-state index contributed by atoms with van der Waals surface area (Å²) in [5, 5.41) is 14.7. The van der Waals surface area contributed by atoms with Crippen molar-refractivity contribution in [1.82, 2.24) is 26.6 Å². The summed E-state index contributed by atoms with van der Waals surface area (Å²) in [5.74, 6) is 1.66. The molecule has 0 aliphatic heterocycles. The van der Waals surface area contributed by atoms with E-state index in [1.54, 1.807) is 0 Å². The molecule has 17 N–H and O–H groups in total. The molecular formula is C109H203N11O12. The minimum absolute atomic E-state index is 0.00295. The lowest BCUT2D eigenvalue weighted by atomic mass is 9.77. The van der Waals surface area contributed by atoms with Crippen molar-refractivity contribution in [3.63, 3.8) is 0 Å². The molecule has 23 nitrogen and oxygen atoms in total. The molecule has 0 fully saturated rings. The number of carbonyl (C=O) groups excluding carboxylic acids is 12. The van der Waals surface area contributed by atoms with Gasteiger partial charge in [0.05, 0.1) is 30.2 Å². The number of amides is 5. The first kappa shape index (κ1) is 134. The Morgan fingerprint density at radius 3 is 0.826 bits per heavy atom. The Bertz CT molecular complexity index is 3380. The van der Waals surface area contributed by atoms with Gasteiger partial charge in [0.25, 0.3) is 0 Å². The third-order valence-corrected chi connectivity index (χ3v) is 21.4. The molecule has 0 bridgehead atoms. The fourth-order valence-electron chi connectivity index (χ4n) is 14.4. The van der Waals surface area contributed by atoms with Crippen molar-refractivity contribution < 1.29 is 57.5 Å². The van der Waals surface area contributed by atoms with E-state index < -0.39 is 57.3 Å². The zero-order valence-corrected chi connectivity index (χ0v) is 91.0. The fourth-order valence-corrected chi connectivity index (χ4v) is 14.4. The quantitative estimate of drug-likeness (QED) is 0.0274. The van der Waals surface area contributed by atoms with Crippen LogP contribution in [0.5, 0.6) is 0 Å². The predicted octanol–water partition coefficient (Wildman–Crippen LogP) is 19.7. The van der Waals surface area contributed by atoms with Crippen LogP contribution in [0.2, 0.25) is 0 Å². The van der Waals surface area contributed by atoms with Gasteiger partial charge in [0.1, 0.15) is 17.3 Å². The summed E-state index contributed by atoms with van der Waals surface area (Å²) in [5.41, 5.74) is 33.5. The molecule has 0 heterocycles. The van der Waals surface area contributed by atoms with Gasteiger partial charge in [-0.05, 0) is 182 Å². The van der Waals surface area contributed by atoms with E-state index in [0.717, 1.165) is 80.8 Å². The summed E-state index contributed by atoms with van der Waals surface area (Å²) in [6, 6.07) is 16.5. The van der Waals surface area contributed by atoms with Crippen molar-refractivity contribution in [3.8, 4) is 0 Å². The number of ketones is 8. The second-order valence-electron chi connectivity index (χ2n) is 47.6. The highest BCUT2D eigenvalue weighted by atomic mass is 16.2. The van der Waals surface area contributed by atoms with E-state index >= 15 is 0 Å². The van der Waals surface area contributed by atoms with Crippen molar-refractivity contribution >= 4 is 70.0 Å². The maximum Gasteiger partial charge on any atom is 0.312 e. The van der Waals surface area contributed by atoms with Crippen LogP contribution in [0, 0.1) is 97.1 Å². The van der Waals surface area contributed by atoms with E-state index in [1.807, 2.05) is 192 Å². The van der Waals surface area contributed by atoms with Crippen LogP contribution in [0.3, 0.4) is 0 Å². The van der Waals surface area contributed by atoms with Crippen molar-refractivity contribution in [2.24, 2.45) is 131 Å². The largest absolute Gasteiger partial charge is 0.356 e. The highest BCUT2D eigenvalue weighted by Crippen LogP contribution is 2.34. The van der Waals surface area contributed by atoms with Crippen LogP contribution in [0.15, 0.2) is 60.7 Å². The number of benzene rings is 2. The van der Waals surface area contributed by atoms with Crippen LogP contribution in [-0.2, 0) is 65.6 Å². The maximum absolute atomic E-state index is 12.9. The third-order valence-electron chi connectivity index (χ3n) is 21.4. The Morgan fingerprint density at radius 2 is 0.606 bits per heavy atom. The van der Waals surface area contributed by atoms with E-state index in [0.29, 0.717) is 90.5 Å². The molecule has 0 aliphatic carbocycles. The summed E-state index contributed by atoms with van der Waals surface area (Å²) in [6.45, 7) is 76.8. The highest BCUT2D eigenvalue weighted by molar-refractivity contribution is 5.96. The SMILES string of the molecule is CC(=O)NCCCC(NC(=O)C(CC(C)(C)C)C(C)C)C(=O)C(C)(C)C.CC(C)(C)C(=O)C(CCCCN)CC(=O)C(N)Cc1ccccc1.CC(C)(C)C(=O)C(CCCCN)CC(=O)C(N)Cc1ccccc1.CC(C)C.CC(C)C.CC(C)C(CC(C)(C)C)C(=O)NC(CCCNC(N)=O)C(=O)C(C)(C)C.CC(C)C(NC(C)(C)C)C(=O)CC(CCCCN)C(=O)C(C)(C)C. The Balaban J connectivity index is -0.000000498. The summed E-state index contributed by atoms with van der Waals surface area (Å²) >= 11 is 0. The molecule has 23 heteroatoms. The molecule has 0 radical (unpaired) electrons. The van der Waals surface area contributed by atoms with E-state index in [1.165, 1.54) is 6.92 Å². The highest BCUT2D eigenvalue weighted by Gasteiger charge is 2.40. The van der Waals surface area contributed by atoms with Crippen LogP contribution in [0.1, 0.15) is 383 Å². The average Bonchev–Trinajstić information content (AvgIpc) is 0.842. The van der Waals surface area contributed by atoms with Gasteiger partial charge in [0, 0.05) is 101 Å². The lowest BCUT2D eigenvalue weighted by Crippen LogP contribution is -2.51. The number of unbranched alkanes of at least 4 members (excludes halogenated alkanes) is 3. The molecule has 10 unspecified atom stereocenters. The summed E-state index contributed by atoms with van der Waals surface area (Å²) in [6.07, 6.45) is 13.0. The van der Waals surface area contributed by atoms with E-state index in [9.17, 15) is 57.5 Å². The van der Waals surface area contributed by atoms with E-state index in [4.69, 9.17) is 34.4 Å². The molecule has 0 aromatic heterocycles. The minimum Gasteiger partial charge on any atom is -0.356 e. The number of carbonyl (C=O) groups is 12. The molecule has 2 aromatic rings. The summed E-state index contributed by atoms with van der Waals surface area (Å²) in [4.78, 5) is 149. The second-order valence-corrected chi connectivity index (χ2v) is 47.6. The number of hydrogen-bond donors (Lipinski definition) is 11. The molecule has 2 rings (SSSR count). The molecular weight excluding hydrogens is 1660 g/mol. The monoisotopic (exact) mass is 1860 g/mol. The van der Waals surface area contributed by atoms with Gasteiger partial charge in [-0.2, -0.15) is 0 Å². The van der Waals surface area contributed by atoms with Gasteiger partial charge in [-0.3, -0.25) is 52.7 Å². The Kier molecular flexibility index (Phi) is 67.5. The standard InChI is InChI=1S/C21H40N2O3.C20H39N3O3.2C20H32N2O2.C20H40N2O2.2C4H10/c1-14(2)16(13-20(4,5)6)19(26)23-17(18(25)21(7,8)9)11-10-12-22-15(3)24;1-13(2)14(12-19(3,4)5)17(25)23-15(16(24)20(6,7)8)10-9-11-22-18(21)26;2*1-20(2,3)19(24)16(11-7-8-12-21)14-18(23)17(22)13-15-9-5-4-6-10-15;1-14(2)17(22-20(6,7)8)16(23)13-15(11-9-10-12-21)18(24)19(3,4)5;2*1-4(2)3/h14,16-17H,10-13H2,1-9H3,(H,22,24)(H,23,26);13-15H,9-12H2,1-8H3,(H,23,25)(H3,21,22,26);2*4-6,9-10,16-17H,7-8,11-14,21-22H2,1-3H3;14-15,17,22H,9-13,21H2,1-8H3;2*4H,1-3H3. The molecule has 766 valence electrons.